The number of nitrogens with zero attached hydrogens (tertiary/aromatic N) is 2. The number of pyridine rings is 2. The van der Waals surface area contributed by atoms with Crippen LogP contribution in [0.2, 0.25) is 0 Å². The van der Waals surface area contributed by atoms with Gasteiger partial charge >= 0.3 is 12.3 Å². The SMILES string of the molecule is COC(=O)Nc1cc(-c2cc(C(F)(F)F)c(OC[C@H](C)CC(C)C)cn2)ccn1. The third-order valence-electron chi connectivity index (χ3n) is 4.04. The van der Waals surface area contributed by atoms with E-state index in [9.17, 15) is 18.0 Å². The highest BCUT2D eigenvalue weighted by molar-refractivity contribution is 5.84. The van der Waals surface area contributed by atoms with Gasteiger partial charge in [0.1, 0.15) is 17.1 Å². The molecule has 9 heteroatoms. The number of hydrogen-bond donors (Lipinski definition) is 1. The molecule has 0 bridgehead atoms. The van der Waals surface area contributed by atoms with Crippen molar-refractivity contribution < 1.29 is 27.4 Å². The Balaban J connectivity index is 2.29. The van der Waals surface area contributed by atoms with E-state index in [0.29, 0.717) is 11.5 Å². The number of alkyl halides is 3. The molecule has 1 N–H and O–H groups in total. The molecule has 0 radical (unpaired) electrons. The van der Waals surface area contributed by atoms with E-state index in [1.54, 1.807) is 0 Å². The van der Waals surface area contributed by atoms with Gasteiger partial charge in [0.15, 0.2) is 0 Å². The van der Waals surface area contributed by atoms with E-state index in [1.807, 2.05) is 20.8 Å². The molecule has 2 rings (SSSR count). The molecule has 0 unspecified atom stereocenters. The van der Waals surface area contributed by atoms with Crippen molar-refractivity contribution in [2.24, 2.45) is 11.8 Å². The number of halogens is 3. The second-order valence-corrected chi connectivity index (χ2v) is 7.16. The van der Waals surface area contributed by atoms with Gasteiger partial charge in [0.2, 0.25) is 0 Å². The summed E-state index contributed by atoms with van der Waals surface area (Å²) >= 11 is 0. The summed E-state index contributed by atoms with van der Waals surface area (Å²) in [6.45, 7) is 6.20. The molecule has 6 nitrogen and oxygen atoms in total. The number of hydrogen-bond acceptors (Lipinski definition) is 5. The Labute approximate surface area is 167 Å². The normalized spacial score (nSPS) is 12.6. The number of nitrogens with one attached hydrogen (secondary N) is 1. The maximum atomic E-state index is 13.6. The van der Waals surface area contributed by atoms with Crippen molar-refractivity contribution in [2.75, 3.05) is 19.0 Å². The summed E-state index contributed by atoms with van der Waals surface area (Å²) in [6.07, 6.45) is -2.06. The lowest BCUT2D eigenvalue weighted by molar-refractivity contribution is -0.139. The summed E-state index contributed by atoms with van der Waals surface area (Å²) in [5, 5.41) is 2.36. The first kappa shape index (κ1) is 22.4. The average molecular weight is 411 g/mol. The molecule has 158 valence electrons. The molecule has 2 heterocycles. The van der Waals surface area contributed by atoms with Crippen LogP contribution in [0.15, 0.2) is 30.6 Å². The first-order valence-corrected chi connectivity index (χ1v) is 9.11. The third kappa shape index (κ3) is 6.62. The first-order chi connectivity index (χ1) is 13.6. The zero-order chi connectivity index (χ0) is 21.6. The number of carbonyl (C=O) groups is 1. The number of aromatic nitrogens is 2. The Morgan fingerprint density at radius 3 is 2.55 bits per heavy atom. The summed E-state index contributed by atoms with van der Waals surface area (Å²) < 4.78 is 50.7. The highest BCUT2D eigenvalue weighted by Gasteiger charge is 2.35. The van der Waals surface area contributed by atoms with Crippen LogP contribution in [-0.4, -0.2) is 29.8 Å². The predicted octanol–water partition coefficient (Wildman–Crippen LogP) is 5.40. The van der Waals surface area contributed by atoms with Gasteiger partial charge in [0, 0.05) is 11.8 Å². The number of carbonyl (C=O) groups excluding carboxylic acids is 1. The van der Waals surface area contributed by atoms with Crippen molar-refractivity contribution in [3.63, 3.8) is 0 Å². The van der Waals surface area contributed by atoms with Gasteiger partial charge in [-0.3, -0.25) is 10.3 Å². The molecule has 2 aromatic heterocycles. The van der Waals surface area contributed by atoms with Crippen LogP contribution < -0.4 is 10.1 Å². The van der Waals surface area contributed by atoms with Crippen LogP contribution in [0.5, 0.6) is 5.75 Å². The zero-order valence-corrected chi connectivity index (χ0v) is 16.7. The number of ether oxygens (including phenoxy) is 2. The second-order valence-electron chi connectivity index (χ2n) is 7.16. The molecule has 0 aliphatic carbocycles. The van der Waals surface area contributed by atoms with E-state index in [0.717, 1.165) is 18.7 Å². The van der Waals surface area contributed by atoms with E-state index >= 15 is 0 Å². The summed E-state index contributed by atoms with van der Waals surface area (Å²) in [5.74, 6) is 0.366. The second kappa shape index (κ2) is 9.58. The van der Waals surface area contributed by atoms with Crippen molar-refractivity contribution in [1.29, 1.82) is 0 Å². The van der Waals surface area contributed by atoms with Crippen LogP contribution in [0, 0.1) is 11.8 Å². The molecule has 0 aliphatic rings. The zero-order valence-electron chi connectivity index (χ0n) is 16.7. The molecule has 0 aromatic carbocycles. The maximum Gasteiger partial charge on any atom is 0.420 e. The molecule has 2 aromatic rings. The van der Waals surface area contributed by atoms with Crippen LogP contribution in [0.3, 0.4) is 0 Å². The highest BCUT2D eigenvalue weighted by Crippen LogP contribution is 2.38. The van der Waals surface area contributed by atoms with Crippen LogP contribution in [-0.2, 0) is 10.9 Å². The smallest absolute Gasteiger partial charge is 0.420 e. The Morgan fingerprint density at radius 2 is 1.93 bits per heavy atom. The third-order valence-corrected chi connectivity index (χ3v) is 4.04. The molecule has 1 atom stereocenters. The minimum absolute atomic E-state index is 0.0789. The molecular weight excluding hydrogens is 387 g/mol. The van der Waals surface area contributed by atoms with Crippen LogP contribution >= 0.6 is 0 Å². The van der Waals surface area contributed by atoms with Crippen molar-refractivity contribution in [3.05, 3.63) is 36.2 Å². The summed E-state index contributed by atoms with van der Waals surface area (Å²) in [5.41, 5.74) is -0.467. The van der Waals surface area contributed by atoms with Crippen molar-refractivity contribution >= 4 is 11.9 Å². The molecular formula is C20H24F3N3O3. The number of amides is 1. The number of methoxy groups -OCH3 is 1. The van der Waals surface area contributed by atoms with Crippen molar-refractivity contribution in [3.8, 4) is 17.0 Å². The lowest BCUT2D eigenvalue weighted by atomic mass is 10.00. The van der Waals surface area contributed by atoms with Gasteiger partial charge in [-0.25, -0.2) is 9.78 Å². The van der Waals surface area contributed by atoms with E-state index in [1.165, 1.54) is 25.4 Å². The Bertz CT molecular complexity index is 841. The van der Waals surface area contributed by atoms with Crippen LogP contribution in [0.25, 0.3) is 11.3 Å². The Kier molecular flexibility index (Phi) is 7.41. The Morgan fingerprint density at radius 1 is 1.21 bits per heavy atom. The van der Waals surface area contributed by atoms with Gasteiger partial charge in [-0.05, 0) is 36.5 Å². The molecule has 0 spiro atoms. The fourth-order valence-electron chi connectivity index (χ4n) is 2.86. The van der Waals surface area contributed by atoms with Gasteiger partial charge in [0.25, 0.3) is 0 Å². The molecule has 29 heavy (non-hydrogen) atoms. The Hall–Kier alpha value is -2.84. The topological polar surface area (TPSA) is 73.3 Å². The van der Waals surface area contributed by atoms with E-state index in [-0.39, 0.29) is 29.8 Å². The molecule has 0 fully saturated rings. The minimum atomic E-state index is -4.60. The molecule has 0 saturated heterocycles. The van der Waals surface area contributed by atoms with Gasteiger partial charge in [-0.15, -0.1) is 0 Å². The maximum absolute atomic E-state index is 13.6. The van der Waals surface area contributed by atoms with Gasteiger partial charge in [-0.1, -0.05) is 20.8 Å². The lowest BCUT2D eigenvalue weighted by Gasteiger charge is -2.18. The van der Waals surface area contributed by atoms with Gasteiger partial charge < -0.3 is 9.47 Å². The quantitative estimate of drug-likeness (QED) is 0.660. The van der Waals surface area contributed by atoms with E-state index in [4.69, 9.17) is 4.74 Å². The van der Waals surface area contributed by atoms with Crippen LogP contribution in [0.4, 0.5) is 23.8 Å². The number of rotatable bonds is 7. The minimum Gasteiger partial charge on any atom is -0.491 e. The lowest BCUT2D eigenvalue weighted by Crippen LogP contribution is -2.15. The van der Waals surface area contributed by atoms with Crippen LogP contribution in [0.1, 0.15) is 32.8 Å². The largest absolute Gasteiger partial charge is 0.491 e. The van der Waals surface area contributed by atoms with Crippen molar-refractivity contribution in [1.82, 2.24) is 9.97 Å². The van der Waals surface area contributed by atoms with E-state index in [2.05, 4.69) is 20.0 Å². The summed E-state index contributed by atoms with van der Waals surface area (Å²) in [7, 11) is 1.19. The average Bonchev–Trinajstić information content (AvgIpc) is 2.65. The standard InChI is InChI=1S/C20H24F3N3O3/c1-12(2)7-13(3)11-29-17-10-25-16(9-15(17)20(21,22)23)14-5-6-24-18(8-14)26-19(27)28-4/h5-6,8-10,12-13H,7,11H2,1-4H3,(H,24,26,27)/t13-/m1/s1. The summed E-state index contributed by atoms with van der Waals surface area (Å²) in [4.78, 5) is 19.3. The summed E-state index contributed by atoms with van der Waals surface area (Å²) in [6, 6.07) is 3.83. The van der Waals surface area contributed by atoms with Gasteiger partial charge in [0.05, 0.1) is 25.6 Å². The fraction of sp³-hybridized carbons (Fsp3) is 0.450. The number of anilines is 1. The predicted molar refractivity (Wildman–Crippen MR) is 103 cm³/mol. The first-order valence-electron chi connectivity index (χ1n) is 9.11. The molecule has 1 amide bonds. The highest BCUT2D eigenvalue weighted by atomic mass is 19.4. The molecule has 0 saturated carbocycles. The van der Waals surface area contributed by atoms with E-state index < -0.39 is 17.8 Å². The van der Waals surface area contributed by atoms with Crippen molar-refractivity contribution in [2.45, 2.75) is 33.4 Å². The fourth-order valence-corrected chi connectivity index (χ4v) is 2.86. The van der Waals surface area contributed by atoms with Gasteiger partial charge in [-0.2, -0.15) is 13.2 Å². The monoisotopic (exact) mass is 411 g/mol. The molecule has 0 aliphatic heterocycles.